The quantitative estimate of drug-likeness (QED) is 0.458. The zero-order valence-corrected chi connectivity index (χ0v) is 18.2. The van der Waals surface area contributed by atoms with Gasteiger partial charge in [-0.2, -0.15) is 10.1 Å². The molecule has 3 aromatic heterocycles. The van der Waals surface area contributed by atoms with Gasteiger partial charge in [0.2, 0.25) is 17.4 Å². The van der Waals surface area contributed by atoms with Gasteiger partial charge in [0.25, 0.3) is 0 Å². The van der Waals surface area contributed by atoms with Crippen molar-refractivity contribution in [2.45, 2.75) is 56.9 Å². The minimum atomic E-state index is -0.365. The van der Waals surface area contributed by atoms with Gasteiger partial charge in [0.05, 0.1) is 11.4 Å². The molecule has 0 unspecified atom stereocenters. The van der Waals surface area contributed by atoms with Crippen molar-refractivity contribution >= 4 is 29.2 Å². The Hall–Kier alpha value is -3.69. The number of hydrogen-bond acceptors (Lipinski definition) is 7. The number of carbonyl (C=O) groups is 1. The molecule has 6 rings (SSSR count). The van der Waals surface area contributed by atoms with E-state index < -0.39 is 0 Å². The minimum absolute atomic E-state index is 0.125. The van der Waals surface area contributed by atoms with E-state index in [1.54, 1.807) is 6.07 Å². The highest BCUT2D eigenvalue weighted by molar-refractivity contribution is 5.96. The molecule has 1 atom stereocenters. The number of carbonyl (C=O) groups excluding carboxylic acids is 1. The second-order valence-electron chi connectivity index (χ2n) is 9.04. The largest absolute Gasteiger partial charge is 0.329 e. The van der Waals surface area contributed by atoms with Crippen molar-refractivity contribution in [1.29, 1.82) is 0 Å². The summed E-state index contributed by atoms with van der Waals surface area (Å²) in [5.74, 6) is 2.61. The molecule has 3 aliphatic rings. The van der Waals surface area contributed by atoms with Gasteiger partial charge in [-0.25, -0.2) is 4.98 Å². The van der Waals surface area contributed by atoms with E-state index in [0.29, 0.717) is 17.6 Å². The molecular formula is C23H26N8O2. The summed E-state index contributed by atoms with van der Waals surface area (Å²) in [5.41, 5.74) is 3.72. The van der Waals surface area contributed by atoms with Crippen LogP contribution in [0.5, 0.6) is 0 Å². The fourth-order valence-corrected chi connectivity index (χ4v) is 4.77. The number of anilines is 4. The van der Waals surface area contributed by atoms with Gasteiger partial charge in [-0.1, -0.05) is 0 Å². The summed E-state index contributed by atoms with van der Waals surface area (Å²) in [6, 6.07) is 4.70. The first-order valence-electron chi connectivity index (χ1n) is 11.6. The number of amides is 1. The van der Waals surface area contributed by atoms with Crippen molar-refractivity contribution in [1.82, 2.24) is 25.1 Å². The first-order valence-corrected chi connectivity index (χ1v) is 11.6. The Kier molecular flexibility index (Phi) is 4.85. The third kappa shape index (κ3) is 3.96. The molecule has 3 aromatic rings. The molecule has 33 heavy (non-hydrogen) atoms. The molecule has 4 heterocycles. The zero-order chi connectivity index (χ0) is 22.4. The third-order valence-corrected chi connectivity index (χ3v) is 6.65. The average Bonchev–Trinajstić information content (AvgIpc) is 3.20. The monoisotopic (exact) mass is 446 g/mol. The number of aromatic nitrogens is 5. The Morgan fingerprint density at radius 2 is 2.03 bits per heavy atom. The van der Waals surface area contributed by atoms with Crippen LogP contribution in [-0.2, 0) is 17.6 Å². The van der Waals surface area contributed by atoms with Crippen molar-refractivity contribution < 1.29 is 4.79 Å². The second-order valence-corrected chi connectivity index (χ2v) is 9.04. The number of aromatic amines is 2. The van der Waals surface area contributed by atoms with Gasteiger partial charge in [-0.3, -0.25) is 14.7 Å². The third-order valence-electron chi connectivity index (χ3n) is 6.65. The molecular weight excluding hydrogens is 420 g/mol. The molecule has 2 fully saturated rings. The van der Waals surface area contributed by atoms with E-state index in [0.717, 1.165) is 61.5 Å². The summed E-state index contributed by atoms with van der Waals surface area (Å²) in [6.45, 7) is 0.718. The number of rotatable bonds is 6. The molecule has 10 heteroatoms. The average molecular weight is 447 g/mol. The van der Waals surface area contributed by atoms with Crippen LogP contribution in [0.3, 0.4) is 0 Å². The molecule has 170 valence electrons. The van der Waals surface area contributed by atoms with Gasteiger partial charge >= 0.3 is 0 Å². The van der Waals surface area contributed by atoms with Crippen molar-refractivity contribution in [3.63, 3.8) is 0 Å². The standard InChI is InChI=1S/C23H26N8O2/c32-20-9-8-14(12-24-20)25-22(33)18-5-2-10-31(18)23-26-16-4-1-3-15(16)21(28-23)27-19-11-17(29-30-19)13-6-7-13/h8-9,11-13,18H,1-7,10H2,(H,24,32)(H,25,33)(H2,26,27,28,29,30)/t18-/m0/s1. The van der Waals surface area contributed by atoms with Gasteiger partial charge in [0, 0.05) is 42.0 Å². The highest BCUT2D eigenvalue weighted by Gasteiger charge is 2.34. The first kappa shape index (κ1) is 20.0. The molecule has 0 spiro atoms. The number of aryl methyl sites for hydroxylation is 1. The van der Waals surface area contributed by atoms with Crippen LogP contribution in [0.1, 0.15) is 55.0 Å². The van der Waals surface area contributed by atoms with Gasteiger partial charge in [0.15, 0.2) is 5.82 Å². The lowest BCUT2D eigenvalue weighted by Crippen LogP contribution is -2.40. The number of nitrogens with one attached hydrogen (secondary N) is 4. The fraction of sp³-hybridized carbons (Fsp3) is 0.435. The van der Waals surface area contributed by atoms with E-state index in [-0.39, 0.29) is 17.5 Å². The van der Waals surface area contributed by atoms with E-state index >= 15 is 0 Å². The van der Waals surface area contributed by atoms with Crippen LogP contribution in [0, 0.1) is 0 Å². The predicted octanol–water partition coefficient (Wildman–Crippen LogP) is 2.61. The topological polar surface area (TPSA) is 132 Å². The van der Waals surface area contributed by atoms with Crippen LogP contribution in [-0.4, -0.2) is 43.6 Å². The summed E-state index contributed by atoms with van der Waals surface area (Å²) in [5, 5.41) is 13.9. The summed E-state index contributed by atoms with van der Waals surface area (Å²) < 4.78 is 0. The van der Waals surface area contributed by atoms with Crippen molar-refractivity contribution in [2.24, 2.45) is 0 Å². The van der Waals surface area contributed by atoms with E-state index in [4.69, 9.17) is 9.97 Å². The first-order chi connectivity index (χ1) is 16.1. The number of fused-ring (bicyclic) bond motifs is 1. The fourth-order valence-electron chi connectivity index (χ4n) is 4.77. The maximum atomic E-state index is 13.0. The normalized spacial score (nSPS) is 19.5. The molecule has 1 amide bonds. The van der Waals surface area contributed by atoms with Gasteiger partial charge in [-0.05, 0) is 51.0 Å². The summed E-state index contributed by atoms with van der Waals surface area (Å²) >= 11 is 0. The minimum Gasteiger partial charge on any atom is -0.329 e. The molecule has 2 aliphatic carbocycles. The van der Waals surface area contributed by atoms with E-state index in [9.17, 15) is 9.59 Å². The summed E-state index contributed by atoms with van der Waals surface area (Å²) in [4.78, 5) is 38.6. The molecule has 10 nitrogen and oxygen atoms in total. The van der Waals surface area contributed by atoms with Crippen molar-refractivity contribution in [2.75, 3.05) is 22.1 Å². The second kappa shape index (κ2) is 8.02. The number of H-pyrrole nitrogens is 2. The Morgan fingerprint density at radius 3 is 2.85 bits per heavy atom. The maximum Gasteiger partial charge on any atom is 0.248 e. The smallest absolute Gasteiger partial charge is 0.248 e. The van der Waals surface area contributed by atoms with Crippen LogP contribution in [0.25, 0.3) is 0 Å². The van der Waals surface area contributed by atoms with E-state index in [2.05, 4.69) is 31.9 Å². The number of nitrogens with zero attached hydrogens (tertiary/aromatic N) is 4. The Balaban J connectivity index is 1.26. The lowest BCUT2D eigenvalue weighted by molar-refractivity contribution is -0.117. The number of hydrogen-bond donors (Lipinski definition) is 4. The van der Waals surface area contributed by atoms with Crippen LogP contribution in [0.4, 0.5) is 23.3 Å². The summed E-state index contributed by atoms with van der Waals surface area (Å²) in [7, 11) is 0. The van der Waals surface area contributed by atoms with Crippen LogP contribution >= 0.6 is 0 Å². The lowest BCUT2D eigenvalue weighted by Gasteiger charge is -2.25. The van der Waals surface area contributed by atoms with Gasteiger partial charge < -0.3 is 20.5 Å². The predicted molar refractivity (Wildman–Crippen MR) is 124 cm³/mol. The van der Waals surface area contributed by atoms with Crippen LogP contribution < -0.4 is 21.1 Å². The van der Waals surface area contributed by atoms with Crippen LogP contribution in [0.15, 0.2) is 29.2 Å². The highest BCUT2D eigenvalue weighted by atomic mass is 16.2. The summed E-state index contributed by atoms with van der Waals surface area (Å²) in [6.07, 6.45) is 8.45. The van der Waals surface area contributed by atoms with Crippen LogP contribution in [0.2, 0.25) is 0 Å². The molecule has 4 N–H and O–H groups in total. The van der Waals surface area contributed by atoms with Gasteiger partial charge in [0.1, 0.15) is 11.9 Å². The molecule has 1 saturated heterocycles. The Bertz CT molecular complexity index is 1240. The SMILES string of the molecule is O=C(Nc1ccc(=O)[nH]c1)[C@@H]1CCCN1c1nc2c(c(Nc3cc(C4CC4)[nH]n3)n1)CCC2. The molecule has 1 aliphatic heterocycles. The van der Waals surface area contributed by atoms with E-state index in [1.165, 1.54) is 30.8 Å². The molecule has 0 radical (unpaired) electrons. The maximum absolute atomic E-state index is 13.0. The zero-order valence-electron chi connectivity index (χ0n) is 18.2. The molecule has 1 saturated carbocycles. The Morgan fingerprint density at radius 1 is 1.12 bits per heavy atom. The van der Waals surface area contributed by atoms with Gasteiger partial charge in [-0.15, -0.1) is 0 Å². The number of pyridine rings is 1. The Labute approximate surface area is 190 Å². The molecule has 0 aromatic carbocycles. The van der Waals surface area contributed by atoms with Crippen molar-refractivity contribution in [3.05, 3.63) is 51.7 Å². The highest BCUT2D eigenvalue weighted by Crippen LogP contribution is 2.40. The van der Waals surface area contributed by atoms with E-state index in [1.807, 2.05) is 4.90 Å². The van der Waals surface area contributed by atoms with Crippen molar-refractivity contribution in [3.8, 4) is 0 Å². The molecule has 0 bridgehead atoms. The lowest BCUT2D eigenvalue weighted by atomic mass is 10.2.